The van der Waals surface area contributed by atoms with Crippen LogP contribution >= 0.6 is 0 Å². The highest BCUT2D eigenvalue weighted by Gasteiger charge is 2.20. The van der Waals surface area contributed by atoms with Crippen LogP contribution in [0.4, 0.5) is 0 Å². The molecule has 2 rings (SSSR count). The normalized spacial score (nSPS) is 19.6. The zero-order valence-corrected chi connectivity index (χ0v) is 8.62. The molecular weight excluding hydrogens is 174 g/mol. The molecule has 0 fully saturated rings. The van der Waals surface area contributed by atoms with E-state index in [0.29, 0.717) is 6.04 Å². The van der Waals surface area contributed by atoms with Crippen LogP contribution < -0.4 is 5.32 Å². The molecule has 0 spiro atoms. The van der Waals surface area contributed by atoms with Crippen molar-refractivity contribution in [3.8, 4) is 0 Å². The van der Waals surface area contributed by atoms with E-state index in [2.05, 4.69) is 29.6 Å². The minimum Gasteiger partial charge on any atom is -0.383 e. The molecule has 1 aromatic rings. The van der Waals surface area contributed by atoms with Crippen molar-refractivity contribution in [2.75, 3.05) is 20.3 Å². The molecule has 14 heavy (non-hydrogen) atoms. The number of rotatable bonds is 4. The minimum absolute atomic E-state index is 0.543. The van der Waals surface area contributed by atoms with Gasteiger partial charge < -0.3 is 10.1 Å². The number of benzene rings is 1. The van der Waals surface area contributed by atoms with Crippen molar-refractivity contribution in [2.24, 2.45) is 0 Å². The molecule has 0 radical (unpaired) electrons. The summed E-state index contributed by atoms with van der Waals surface area (Å²) in [5.74, 6) is 0. The molecular formula is C12H17NO. The number of hydrogen-bond donors (Lipinski definition) is 1. The Labute approximate surface area is 85.3 Å². The second kappa shape index (κ2) is 4.58. The minimum atomic E-state index is 0.543. The Bertz CT molecular complexity index is 298. The van der Waals surface area contributed by atoms with E-state index in [0.717, 1.165) is 13.2 Å². The summed E-state index contributed by atoms with van der Waals surface area (Å²) >= 11 is 0. The molecule has 0 saturated heterocycles. The first-order valence-electron chi connectivity index (χ1n) is 5.22. The Morgan fingerprint density at radius 2 is 2.29 bits per heavy atom. The van der Waals surface area contributed by atoms with Crippen LogP contribution in [0.2, 0.25) is 0 Å². The lowest BCUT2D eigenvalue weighted by Crippen LogP contribution is -2.23. The number of ether oxygens (including phenoxy) is 1. The Kier molecular flexibility index (Phi) is 3.17. The van der Waals surface area contributed by atoms with Gasteiger partial charge in [-0.2, -0.15) is 0 Å². The number of aryl methyl sites for hydroxylation is 1. The molecule has 0 aliphatic heterocycles. The Hall–Kier alpha value is -0.860. The fourth-order valence-corrected chi connectivity index (χ4v) is 2.10. The lowest BCUT2D eigenvalue weighted by atomic mass is 10.1. The maximum atomic E-state index is 5.03. The van der Waals surface area contributed by atoms with Gasteiger partial charge in [-0.15, -0.1) is 0 Å². The van der Waals surface area contributed by atoms with Gasteiger partial charge in [0.25, 0.3) is 0 Å². The molecule has 1 aliphatic rings. The van der Waals surface area contributed by atoms with Crippen LogP contribution in [0.5, 0.6) is 0 Å². The van der Waals surface area contributed by atoms with E-state index < -0.39 is 0 Å². The number of fused-ring (bicyclic) bond motifs is 1. The van der Waals surface area contributed by atoms with Gasteiger partial charge in [-0.1, -0.05) is 24.3 Å². The highest BCUT2D eigenvalue weighted by molar-refractivity contribution is 5.34. The topological polar surface area (TPSA) is 21.3 Å². The van der Waals surface area contributed by atoms with Crippen LogP contribution in [0.3, 0.4) is 0 Å². The molecule has 0 bridgehead atoms. The average Bonchev–Trinajstić information content (AvgIpc) is 2.63. The second-order valence-electron chi connectivity index (χ2n) is 3.74. The van der Waals surface area contributed by atoms with E-state index in [4.69, 9.17) is 4.74 Å². The van der Waals surface area contributed by atoms with Gasteiger partial charge in [-0.3, -0.25) is 0 Å². The molecule has 0 aromatic heterocycles. The van der Waals surface area contributed by atoms with E-state index in [1.54, 1.807) is 7.11 Å². The van der Waals surface area contributed by atoms with Crippen molar-refractivity contribution < 1.29 is 4.74 Å². The van der Waals surface area contributed by atoms with Gasteiger partial charge in [0.15, 0.2) is 0 Å². The maximum Gasteiger partial charge on any atom is 0.0587 e. The van der Waals surface area contributed by atoms with Gasteiger partial charge in [-0.25, -0.2) is 0 Å². The quantitative estimate of drug-likeness (QED) is 0.734. The third kappa shape index (κ3) is 1.97. The highest BCUT2D eigenvalue weighted by atomic mass is 16.5. The summed E-state index contributed by atoms with van der Waals surface area (Å²) in [5.41, 5.74) is 2.98. The Morgan fingerprint density at radius 3 is 3.14 bits per heavy atom. The van der Waals surface area contributed by atoms with Crippen LogP contribution in [-0.2, 0) is 11.2 Å². The van der Waals surface area contributed by atoms with Crippen molar-refractivity contribution >= 4 is 0 Å². The summed E-state index contributed by atoms with van der Waals surface area (Å²) in [7, 11) is 1.74. The summed E-state index contributed by atoms with van der Waals surface area (Å²) in [6, 6.07) is 9.24. The van der Waals surface area contributed by atoms with E-state index in [9.17, 15) is 0 Å². The molecule has 0 saturated carbocycles. The predicted octanol–water partition coefficient (Wildman–Crippen LogP) is 1.91. The van der Waals surface area contributed by atoms with Gasteiger partial charge in [0.05, 0.1) is 6.61 Å². The number of nitrogens with one attached hydrogen (secondary N) is 1. The summed E-state index contributed by atoms with van der Waals surface area (Å²) < 4.78 is 5.03. The van der Waals surface area contributed by atoms with Crippen molar-refractivity contribution in [3.63, 3.8) is 0 Å². The highest BCUT2D eigenvalue weighted by Crippen LogP contribution is 2.30. The third-order valence-corrected chi connectivity index (χ3v) is 2.83. The van der Waals surface area contributed by atoms with Crippen molar-refractivity contribution in [1.29, 1.82) is 0 Å². The first-order chi connectivity index (χ1) is 6.92. The summed E-state index contributed by atoms with van der Waals surface area (Å²) in [5, 5.41) is 3.51. The average molecular weight is 191 g/mol. The maximum absolute atomic E-state index is 5.03. The van der Waals surface area contributed by atoms with E-state index in [-0.39, 0.29) is 0 Å². The van der Waals surface area contributed by atoms with Gasteiger partial charge >= 0.3 is 0 Å². The van der Waals surface area contributed by atoms with Crippen molar-refractivity contribution in [2.45, 2.75) is 18.9 Å². The van der Waals surface area contributed by atoms with Gasteiger partial charge in [0.1, 0.15) is 0 Å². The van der Waals surface area contributed by atoms with Crippen LogP contribution in [0.1, 0.15) is 23.6 Å². The molecule has 2 heteroatoms. The predicted molar refractivity (Wildman–Crippen MR) is 57.4 cm³/mol. The lowest BCUT2D eigenvalue weighted by molar-refractivity contribution is 0.195. The van der Waals surface area contributed by atoms with Crippen molar-refractivity contribution in [3.05, 3.63) is 35.4 Å². The first-order valence-corrected chi connectivity index (χ1v) is 5.22. The molecule has 0 heterocycles. The van der Waals surface area contributed by atoms with Crippen LogP contribution in [0.15, 0.2) is 24.3 Å². The molecule has 1 aromatic carbocycles. The molecule has 0 amide bonds. The zero-order valence-electron chi connectivity index (χ0n) is 8.62. The zero-order chi connectivity index (χ0) is 9.80. The van der Waals surface area contributed by atoms with Gasteiger partial charge in [-0.05, 0) is 24.0 Å². The third-order valence-electron chi connectivity index (χ3n) is 2.83. The molecule has 76 valence electrons. The lowest BCUT2D eigenvalue weighted by Gasteiger charge is -2.13. The van der Waals surface area contributed by atoms with Gasteiger partial charge in [0.2, 0.25) is 0 Å². The molecule has 1 atom stereocenters. The fraction of sp³-hybridized carbons (Fsp3) is 0.500. The Morgan fingerprint density at radius 1 is 1.43 bits per heavy atom. The van der Waals surface area contributed by atoms with Crippen LogP contribution in [0, 0.1) is 0 Å². The summed E-state index contributed by atoms with van der Waals surface area (Å²) in [6.45, 7) is 1.73. The van der Waals surface area contributed by atoms with Crippen LogP contribution in [0.25, 0.3) is 0 Å². The number of hydrogen-bond acceptors (Lipinski definition) is 2. The van der Waals surface area contributed by atoms with E-state index in [1.165, 1.54) is 24.0 Å². The van der Waals surface area contributed by atoms with Crippen molar-refractivity contribution in [1.82, 2.24) is 5.32 Å². The molecule has 2 nitrogen and oxygen atoms in total. The summed E-state index contributed by atoms with van der Waals surface area (Å²) in [6.07, 6.45) is 2.43. The molecule has 1 N–H and O–H groups in total. The Balaban J connectivity index is 1.96. The monoisotopic (exact) mass is 191 g/mol. The number of methoxy groups -OCH3 is 1. The largest absolute Gasteiger partial charge is 0.383 e. The smallest absolute Gasteiger partial charge is 0.0587 e. The van der Waals surface area contributed by atoms with Gasteiger partial charge in [0, 0.05) is 19.7 Å². The fourth-order valence-electron chi connectivity index (χ4n) is 2.10. The molecule has 1 aliphatic carbocycles. The second-order valence-corrected chi connectivity index (χ2v) is 3.74. The summed E-state index contributed by atoms with van der Waals surface area (Å²) in [4.78, 5) is 0. The van der Waals surface area contributed by atoms with Crippen LogP contribution in [-0.4, -0.2) is 20.3 Å². The molecule has 1 unspecified atom stereocenters. The van der Waals surface area contributed by atoms with E-state index in [1.807, 2.05) is 0 Å². The van der Waals surface area contributed by atoms with E-state index >= 15 is 0 Å². The first kappa shape index (κ1) is 9.69. The SMILES string of the molecule is COCCNC1CCc2ccccc21. The standard InChI is InChI=1S/C12H17NO/c1-14-9-8-13-12-7-6-10-4-2-3-5-11(10)12/h2-5,12-13H,6-9H2,1H3.